The average Bonchev–Trinajstić information content (AvgIpc) is 3.18. The Bertz CT molecular complexity index is 1210. The summed E-state index contributed by atoms with van der Waals surface area (Å²) in [5, 5.41) is 41.9. The number of nitrogens with zero attached hydrogens (tertiary/aromatic N) is 4. The number of rotatable bonds is 7. The summed E-state index contributed by atoms with van der Waals surface area (Å²) in [6.45, 7) is 4.90. The number of nitrogens with one attached hydrogen (secondary N) is 1. The highest BCUT2D eigenvalue weighted by molar-refractivity contribution is 5.84. The second-order valence-corrected chi connectivity index (χ2v) is 8.57. The third-order valence-corrected chi connectivity index (χ3v) is 4.76. The molecule has 0 saturated carbocycles. The molecular weight excluding hydrogens is 466 g/mol. The lowest BCUT2D eigenvalue weighted by atomic mass is 9.97. The van der Waals surface area contributed by atoms with Gasteiger partial charge in [-0.3, -0.25) is 25.5 Å². The van der Waals surface area contributed by atoms with Crippen molar-refractivity contribution >= 4 is 23.4 Å². The van der Waals surface area contributed by atoms with Gasteiger partial charge in [0.25, 0.3) is 11.4 Å². The fraction of sp³-hybridized carbons (Fsp3) is 0.333. The topological polar surface area (TPSA) is 196 Å². The van der Waals surface area contributed by atoms with Crippen LogP contribution in [0.5, 0.6) is 11.5 Å². The number of carboxylic acids is 1. The van der Waals surface area contributed by atoms with E-state index in [1.54, 1.807) is 32.9 Å². The molecule has 2 unspecified atom stereocenters. The van der Waals surface area contributed by atoms with Gasteiger partial charge in [0, 0.05) is 12.5 Å². The molecule has 0 radical (unpaired) electrons. The van der Waals surface area contributed by atoms with Crippen LogP contribution in [0, 0.1) is 20.2 Å². The van der Waals surface area contributed by atoms with Crippen molar-refractivity contribution in [1.29, 1.82) is 0 Å². The molecule has 14 nitrogen and oxygen atoms in total. The Labute approximate surface area is 197 Å². The monoisotopic (exact) mass is 487 g/mol. The molecule has 0 saturated heterocycles. The molecule has 2 atom stereocenters. The van der Waals surface area contributed by atoms with Gasteiger partial charge in [0.15, 0.2) is 0 Å². The van der Waals surface area contributed by atoms with Crippen LogP contribution in [-0.4, -0.2) is 38.3 Å². The van der Waals surface area contributed by atoms with Crippen molar-refractivity contribution in [3.63, 3.8) is 0 Å². The Morgan fingerprint density at radius 1 is 1.11 bits per heavy atom. The molecule has 0 spiro atoms. The lowest BCUT2D eigenvalue weighted by molar-refractivity contribution is -0.394. The van der Waals surface area contributed by atoms with E-state index in [2.05, 4.69) is 15.5 Å². The van der Waals surface area contributed by atoms with Crippen LogP contribution in [0.3, 0.4) is 0 Å². The Morgan fingerprint density at radius 2 is 1.77 bits per heavy atom. The van der Waals surface area contributed by atoms with Crippen LogP contribution >= 0.6 is 0 Å². The van der Waals surface area contributed by atoms with Crippen LogP contribution in [0.4, 0.5) is 16.2 Å². The molecule has 3 rings (SSSR count). The van der Waals surface area contributed by atoms with E-state index in [0.717, 1.165) is 18.2 Å². The molecule has 1 heterocycles. The molecular formula is C21H21N5O9. The number of ether oxygens (including phenoxy) is 2. The van der Waals surface area contributed by atoms with E-state index in [0.29, 0.717) is 5.56 Å². The highest BCUT2D eigenvalue weighted by Gasteiger charge is 2.48. The van der Waals surface area contributed by atoms with Gasteiger partial charge in [-0.15, -0.1) is 0 Å². The molecule has 0 aromatic heterocycles. The SMILES string of the molecule is CC(C)(C)OC(=O)NC1(C(=O)O)CC(c2ccc(Oc3ccc([N+](=O)[O-])cc3[N+](=O)[O-])cc2)N=N1. The van der Waals surface area contributed by atoms with Gasteiger partial charge in [0.05, 0.1) is 15.9 Å². The van der Waals surface area contributed by atoms with E-state index in [4.69, 9.17) is 9.47 Å². The van der Waals surface area contributed by atoms with Gasteiger partial charge in [0.1, 0.15) is 17.4 Å². The molecule has 2 aromatic carbocycles. The number of carbonyl (C=O) groups is 2. The van der Waals surface area contributed by atoms with Gasteiger partial charge < -0.3 is 14.6 Å². The number of nitro groups is 2. The van der Waals surface area contributed by atoms with Crippen LogP contribution in [-0.2, 0) is 9.53 Å². The minimum atomic E-state index is -2.00. The molecule has 1 amide bonds. The zero-order valence-corrected chi connectivity index (χ0v) is 18.8. The van der Waals surface area contributed by atoms with E-state index in [9.17, 15) is 34.9 Å². The summed E-state index contributed by atoms with van der Waals surface area (Å²) >= 11 is 0. The fourth-order valence-corrected chi connectivity index (χ4v) is 3.18. The Balaban J connectivity index is 1.75. The second kappa shape index (κ2) is 9.32. The number of nitro benzene ring substituents is 2. The van der Waals surface area contributed by atoms with E-state index < -0.39 is 50.6 Å². The molecule has 184 valence electrons. The number of amides is 1. The Kier molecular flexibility index (Phi) is 6.66. The van der Waals surface area contributed by atoms with Gasteiger partial charge in [-0.25, -0.2) is 9.59 Å². The van der Waals surface area contributed by atoms with Crippen LogP contribution in [0.2, 0.25) is 0 Å². The van der Waals surface area contributed by atoms with Gasteiger partial charge >= 0.3 is 17.7 Å². The normalized spacial score (nSPS) is 19.1. The zero-order chi connectivity index (χ0) is 26.0. The summed E-state index contributed by atoms with van der Waals surface area (Å²) in [6.07, 6.45) is -1.12. The summed E-state index contributed by atoms with van der Waals surface area (Å²) in [5.41, 5.74) is -3.32. The summed E-state index contributed by atoms with van der Waals surface area (Å²) in [4.78, 5) is 44.6. The van der Waals surface area contributed by atoms with Gasteiger partial charge in [-0.1, -0.05) is 12.1 Å². The third-order valence-electron chi connectivity index (χ3n) is 4.76. The number of carbonyl (C=O) groups excluding carboxylic acids is 1. The van der Waals surface area contributed by atoms with Crippen LogP contribution in [0.15, 0.2) is 52.7 Å². The fourth-order valence-electron chi connectivity index (χ4n) is 3.18. The number of azo groups is 1. The number of aliphatic carboxylic acids is 1. The smallest absolute Gasteiger partial charge is 0.410 e. The van der Waals surface area contributed by atoms with Crippen molar-refractivity contribution in [2.24, 2.45) is 10.2 Å². The zero-order valence-electron chi connectivity index (χ0n) is 18.8. The van der Waals surface area contributed by atoms with Crippen LogP contribution in [0.25, 0.3) is 0 Å². The largest absolute Gasteiger partial charge is 0.478 e. The number of alkyl carbamates (subject to hydrolysis) is 1. The van der Waals surface area contributed by atoms with Gasteiger partial charge in [-0.05, 0) is 44.5 Å². The second-order valence-electron chi connectivity index (χ2n) is 8.57. The molecule has 0 fully saturated rings. The maximum absolute atomic E-state index is 12.1. The lowest BCUT2D eigenvalue weighted by Crippen LogP contribution is -2.53. The standard InChI is InChI=1S/C21H21N5O9/c1-20(2,3)35-19(29)22-21(18(27)28)11-15(23-24-21)12-4-7-14(8-5-12)34-17-9-6-13(25(30)31)10-16(17)26(32)33/h4-10,15H,11H2,1-3H3,(H,22,29)(H,27,28). The highest BCUT2D eigenvalue weighted by Crippen LogP contribution is 2.38. The van der Waals surface area contributed by atoms with Gasteiger partial charge in [0.2, 0.25) is 5.75 Å². The number of hydrogen-bond acceptors (Lipinski definition) is 10. The van der Waals surface area contributed by atoms with Crippen molar-refractivity contribution in [2.45, 2.75) is 44.5 Å². The minimum Gasteiger partial charge on any atom is -0.478 e. The van der Waals surface area contributed by atoms with Crippen molar-refractivity contribution in [2.75, 3.05) is 0 Å². The summed E-state index contributed by atoms with van der Waals surface area (Å²) in [5.74, 6) is -1.41. The predicted molar refractivity (Wildman–Crippen MR) is 118 cm³/mol. The first-order valence-electron chi connectivity index (χ1n) is 10.2. The molecule has 14 heteroatoms. The molecule has 1 aliphatic heterocycles. The number of benzene rings is 2. The van der Waals surface area contributed by atoms with E-state index in [1.165, 1.54) is 12.1 Å². The lowest BCUT2D eigenvalue weighted by Gasteiger charge is -2.25. The van der Waals surface area contributed by atoms with Crippen LogP contribution in [0.1, 0.15) is 38.8 Å². The van der Waals surface area contributed by atoms with E-state index >= 15 is 0 Å². The summed E-state index contributed by atoms with van der Waals surface area (Å²) in [7, 11) is 0. The molecule has 2 aromatic rings. The quantitative estimate of drug-likeness (QED) is 0.417. The average molecular weight is 487 g/mol. The Hall–Kier alpha value is -4.62. The maximum Gasteiger partial charge on any atom is 0.410 e. The first kappa shape index (κ1) is 25.0. The first-order valence-corrected chi connectivity index (χ1v) is 10.2. The molecule has 2 N–H and O–H groups in total. The molecule has 1 aliphatic rings. The van der Waals surface area contributed by atoms with E-state index in [-0.39, 0.29) is 17.9 Å². The molecule has 0 bridgehead atoms. The van der Waals surface area contributed by atoms with Crippen molar-refractivity contribution in [1.82, 2.24) is 5.32 Å². The van der Waals surface area contributed by atoms with E-state index in [1.807, 2.05) is 0 Å². The molecule has 35 heavy (non-hydrogen) atoms. The van der Waals surface area contributed by atoms with Gasteiger partial charge in [-0.2, -0.15) is 10.2 Å². The first-order chi connectivity index (χ1) is 16.3. The van der Waals surface area contributed by atoms with Crippen molar-refractivity contribution in [3.8, 4) is 11.5 Å². The maximum atomic E-state index is 12.1. The molecule has 0 aliphatic carbocycles. The number of non-ortho nitro benzene ring substituents is 1. The summed E-state index contributed by atoms with van der Waals surface area (Å²) < 4.78 is 10.6. The van der Waals surface area contributed by atoms with Crippen LogP contribution < -0.4 is 10.1 Å². The van der Waals surface area contributed by atoms with Crippen molar-refractivity contribution < 1.29 is 34.0 Å². The Morgan fingerprint density at radius 3 is 2.31 bits per heavy atom. The highest BCUT2D eigenvalue weighted by atomic mass is 16.6. The number of hydrogen-bond donors (Lipinski definition) is 2. The third kappa shape index (κ3) is 5.85. The number of carboxylic acid groups (broad SMARTS) is 1. The predicted octanol–water partition coefficient (Wildman–Crippen LogP) is 4.50. The summed E-state index contributed by atoms with van der Waals surface area (Å²) in [6, 6.07) is 8.35. The van der Waals surface area contributed by atoms with Crippen molar-refractivity contribution in [3.05, 3.63) is 68.3 Å². The minimum absolute atomic E-state index is 0.171.